The summed E-state index contributed by atoms with van der Waals surface area (Å²) in [6, 6.07) is 5.72. The van der Waals surface area contributed by atoms with Gasteiger partial charge in [0.15, 0.2) is 6.19 Å². The Morgan fingerprint density at radius 2 is 1.83 bits per heavy atom. The van der Waals surface area contributed by atoms with E-state index < -0.39 is 15.6 Å². The zero-order valence-electron chi connectivity index (χ0n) is 11.9. The summed E-state index contributed by atoms with van der Waals surface area (Å²) in [5.41, 5.74) is -5.53. The van der Waals surface area contributed by atoms with Crippen LogP contribution >= 0.6 is 0 Å². The van der Waals surface area contributed by atoms with E-state index in [4.69, 9.17) is 18.2 Å². The Morgan fingerprint density at radius 3 is 1.96 bits per heavy atom. The van der Waals surface area contributed by atoms with Crippen LogP contribution in [0.1, 0.15) is 13.3 Å². The van der Waals surface area contributed by atoms with Gasteiger partial charge in [0.05, 0.1) is 0 Å². The van der Waals surface area contributed by atoms with Crippen molar-refractivity contribution in [2.45, 2.75) is 18.9 Å². The average Bonchev–Trinajstić information content (AvgIpc) is 2.79. The van der Waals surface area contributed by atoms with Gasteiger partial charge in [-0.3, -0.25) is 14.3 Å². The van der Waals surface area contributed by atoms with Crippen LogP contribution in [-0.2, 0) is 14.9 Å². The predicted molar refractivity (Wildman–Crippen MR) is 72.9 cm³/mol. The third-order valence-corrected chi connectivity index (χ3v) is 3.04. The summed E-state index contributed by atoms with van der Waals surface area (Å²) in [5.74, 6) is 0.0298. The molecule has 1 amide bonds. The number of amides is 1. The van der Waals surface area contributed by atoms with Gasteiger partial charge in [-0.05, 0) is 18.6 Å². The molecule has 0 bridgehead atoms. The van der Waals surface area contributed by atoms with E-state index in [-0.39, 0.29) is 11.8 Å². The summed E-state index contributed by atoms with van der Waals surface area (Å²) in [4.78, 5) is 15.8. The van der Waals surface area contributed by atoms with Crippen LogP contribution in [0.15, 0.2) is 30.6 Å². The maximum Gasteiger partial charge on any atom is 0.522 e. The summed E-state index contributed by atoms with van der Waals surface area (Å²) in [6.45, 7) is 2.45. The van der Waals surface area contributed by atoms with Gasteiger partial charge in [-0.15, -0.1) is 0 Å². The Hall–Kier alpha value is -2.19. The number of likely N-dealkylation sites (tertiary alicyclic amines) is 1. The van der Waals surface area contributed by atoms with E-state index in [1.807, 2.05) is 31.3 Å². The number of nitrogens with zero attached hydrogens (tertiary/aromatic N) is 3. The lowest BCUT2D eigenvalue weighted by Crippen LogP contribution is -2.21. The number of hydrogen-bond donors (Lipinski definition) is 1. The third-order valence-electron chi connectivity index (χ3n) is 2.45. The van der Waals surface area contributed by atoms with Crippen LogP contribution in [0.25, 0.3) is 0 Å². The number of aromatic nitrogens is 1. The molecule has 11 heteroatoms. The van der Waals surface area contributed by atoms with Crippen molar-refractivity contribution >= 4 is 16.0 Å². The van der Waals surface area contributed by atoms with Crippen molar-refractivity contribution in [1.29, 1.82) is 5.26 Å². The first kappa shape index (κ1) is 20.8. The first-order valence-electron chi connectivity index (χ1n) is 6.10. The zero-order valence-corrected chi connectivity index (χ0v) is 12.8. The highest BCUT2D eigenvalue weighted by Gasteiger charge is 2.44. The quantitative estimate of drug-likeness (QED) is 0.432. The molecule has 1 aromatic heterocycles. The number of carbonyl (C=O) groups excluding carboxylic acids is 1. The van der Waals surface area contributed by atoms with Crippen LogP contribution in [-0.4, -0.2) is 40.8 Å². The first-order chi connectivity index (χ1) is 10.5. The van der Waals surface area contributed by atoms with Crippen LogP contribution in [0, 0.1) is 17.4 Å². The largest absolute Gasteiger partial charge is 0.522 e. The second kappa shape index (κ2) is 9.06. The summed E-state index contributed by atoms with van der Waals surface area (Å²) >= 11 is 0. The minimum atomic E-state index is -5.84. The SMILES string of the molecule is CC1CCN(C#N)C1=O.O=S(=O)(O)C(F)(F)F.c1ccncc1. The fourth-order valence-corrected chi connectivity index (χ4v) is 1.23. The van der Waals surface area contributed by atoms with E-state index >= 15 is 0 Å². The van der Waals surface area contributed by atoms with E-state index in [0.29, 0.717) is 6.54 Å². The van der Waals surface area contributed by atoms with Crippen LogP contribution in [0.2, 0.25) is 0 Å². The number of rotatable bonds is 0. The van der Waals surface area contributed by atoms with Crippen molar-refractivity contribution < 1.29 is 30.9 Å². The van der Waals surface area contributed by atoms with E-state index in [9.17, 15) is 18.0 Å². The van der Waals surface area contributed by atoms with Gasteiger partial charge in [0, 0.05) is 24.9 Å². The molecule has 0 aromatic carbocycles. The monoisotopic (exact) mass is 353 g/mol. The number of halogens is 3. The standard InChI is InChI=1S/C6H8N2O.C5H5N.CHF3O3S/c1-5-2-3-8(4-7)6(5)9;1-2-4-6-5-3-1;2-1(3,4)8(5,6)7/h5H,2-3H2,1H3;1-5H;(H,5,6,7). The molecule has 0 saturated carbocycles. The van der Waals surface area contributed by atoms with Gasteiger partial charge in [0.2, 0.25) is 5.91 Å². The van der Waals surface area contributed by atoms with Gasteiger partial charge in [-0.25, -0.2) is 4.90 Å². The Kier molecular flexibility index (Phi) is 8.20. The average molecular weight is 353 g/mol. The molecule has 1 aliphatic rings. The van der Waals surface area contributed by atoms with Gasteiger partial charge in [0.25, 0.3) is 0 Å². The fraction of sp³-hybridized carbons (Fsp3) is 0.417. The lowest BCUT2D eigenvalue weighted by atomic mass is 10.1. The summed E-state index contributed by atoms with van der Waals surface area (Å²) in [5, 5.41) is 8.31. The molecule has 1 saturated heterocycles. The molecule has 0 aliphatic carbocycles. The Morgan fingerprint density at radius 1 is 1.35 bits per heavy atom. The predicted octanol–water partition coefficient (Wildman–Crippen LogP) is 1.81. The molecule has 1 aliphatic heterocycles. The van der Waals surface area contributed by atoms with E-state index in [1.54, 1.807) is 12.4 Å². The molecule has 0 spiro atoms. The summed E-state index contributed by atoms with van der Waals surface area (Å²) in [6.07, 6.45) is 6.15. The molecule has 7 nitrogen and oxygen atoms in total. The molecular formula is C12H14F3N3O4S. The molecular weight excluding hydrogens is 339 g/mol. The fourth-order valence-electron chi connectivity index (χ4n) is 1.23. The number of pyridine rings is 1. The molecule has 1 atom stereocenters. The summed E-state index contributed by atoms with van der Waals surface area (Å²) < 4.78 is 57.5. The molecule has 0 radical (unpaired) electrons. The van der Waals surface area contributed by atoms with Crippen molar-refractivity contribution in [2.24, 2.45) is 5.92 Å². The van der Waals surface area contributed by atoms with E-state index in [0.717, 1.165) is 6.42 Å². The maximum atomic E-state index is 10.8. The van der Waals surface area contributed by atoms with Gasteiger partial charge >= 0.3 is 15.6 Å². The van der Waals surface area contributed by atoms with Crippen LogP contribution in [0.4, 0.5) is 13.2 Å². The van der Waals surface area contributed by atoms with Gasteiger partial charge in [-0.1, -0.05) is 13.0 Å². The third kappa shape index (κ3) is 8.12. The zero-order chi connectivity index (χ0) is 18.1. The molecule has 1 fully saturated rings. The normalized spacial score (nSPS) is 17.3. The number of carbonyl (C=O) groups is 1. The lowest BCUT2D eigenvalue weighted by Gasteiger charge is -2.00. The number of alkyl halides is 3. The Balaban J connectivity index is 0.000000322. The Bertz CT molecular complexity index is 602. The maximum absolute atomic E-state index is 10.8. The topological polar surface area (TPSA) is 111 Å². The number of nitriles is 1. The minimum absolute atomic E-state index is 0.0301. The highest BCUT2D eigenvalue weighted by molar-refractivity contribution is 7.86. The van der Waals surface area contributed by atoms with E-state index in [2.05, 4.69) is 4.98 Å². The van der Waals surface area contributed by atoms with Crippen molar-refractivity contribution in [3.05, 3.63) is 30.6 Å². The first-order valence-corrected chi connectivity index (χ1v) is 7.54. The van der Waals surface area contributed by atoms with Crippen LogP contribution < -0.4 is 0 Å². The molecule has 2 rings (SSSR count). The number of hydrogen-bond acceptors (Lipinski definition) is 5. The smallest absolute Gasteiger partial charge is 0.279 e. The molecule has 1 N–H and O–H groups in total. The van der Waals surface area contributed by atoms with Gasteiger partial charge < -0.3 is 0 Å². The Labute approximate surface area is 131 Å². The summed E-state index contributed by atoms with van der Waals surface area (Å²) in [7, 11) is -5.84. The second-order valence-electron chi connectivity index (χ2n) is 4.22. The van der Waals surface area contributed by atoms with E-state index in [1.165, 1.54) is 4.90 Å². The lowest BCUT2D eigenvalue weighted by molar-refractivity contribution is -0.127. The van der Waals surface area contributed by atoms with Crippen molar-refractivity contribution in [3.8, 4) is 6.19 Å². The minimum Gasteiger partial charge on any atom is -0.279 e. The molecule has 2 heterocycles. The van der Waals surface area contributed by atoms with Crippen LogP contribution in [0.3, 0.4) is 0 Å². The molecule has 1 aromatic rings. The molecule has 1 unspecified atom stereocenters. The molecule has 23 heavy (non-hydrogen) atoms. The highest BCUT2D eigenvalue weighted by atomic mass is 32.2. The van der Waals surface area contributed by atoms with Gasteiger partial charge in [0.1, 0.15) is 0 Å². The van der Waals surface area contributed by atoms with Crippen molar-refractivity contribution in [3.63, 3.8) is 0 Å². The van der Waals surface area contributed by atoms with Crippen LogP contribution in [0.5, 0.6) is 0 Å². The highest BCUT2D eigenvalue weighted by Crippen LogP contribution is 2.20. The second-order valence-corrected chi connectivity index (χ2v) is 5.64. The van der Waals surface area contributed by atoms with Crippen molar-refractivity contribution in [2.75, 3.05) is 6.54 Å². The van der Waals surface area contributed by atoms with Gasteiger partial charge in [-0.2, -0.15) is 26.9 Å². The van der Waals surface area contributed by atoms with Crippen molar-refractivity contribution in [1.82, 2.24) is 9.88 Å². The molecule has 128 valence electrons.